The number of fused-ring (bicyclic) bond motifs is 2. The average molecular weight is 375 g/mol. The summed E-state index contributed by atoms with van der Waals surface area (Å²) in [5.74, 6) is -0.376. The summed E-state index contributed by atoms with van der Waals surface area (Å²) in [6.07, 6.45) is 1.46. The van der Waals surface area contributed by atoms with Crippen molar-refractivity contribution in [3.05, 3.63) is 45.7 Å². The first kappa shape index (κ1) is 17.2. The van der Waals surface area contributed by atoms with Crippen LogP contribution in [0.25, 0.3) is 10.9 Å². The number of carbonyl (C=O) groups excluding carboxylic acids is 1. The standard InChI is InChI=1S/C18H21N3O4S/c1-11-4-3-5-12-16(11)19-8-13(17(12)22)18(23)21-7-6-20(2)14-9-26(24,25)10-15(14)21/h3-5,8,14-15H,6-7,9-10H2,1-2H3,(H,19,22)/t14-,15+/m1/s1. The van der Waals surface area contributed by atoms with Crippen molar-refractivity contribution in [3.63, 3.8) is 0 Å². The molecule has 0 radical (unpaired) electrons. The van der Waals surface area contributed by atoms with Gasteiger partial charge in [-0.15, -0.1) is 0 Å². The molecule has 0 unspecified atom stereocenters. The number of nitrogens with one attached hydrogen (secondary N) is 1. The smallest absolute Gasteiger partial charge is 0.259 e. The van der Waals surface area contributed by atoms with Crippen molar-refractivity contribution < 1.29 is 13.2 Å². The number of aromatic nitrogens is 1. The molecule has 1 aromatic heterocycles. The van der Waals surface area contributed by atoms with Gasteiger partial charge in [-0.1, -0.05) is 12.1 Å². The number of carbonyl (C=O) groups is 1. The van der Waals surface area contributed by atoms with Crippen LogP contribution in [0, 0.1) is 6.92 Å². The molecule has 7 nitrogen and oxygen atoms in total. The number of aryl methyl sites for hydroxylation is 1. The van der Waals surface area contributed by atoms with Gasteiger partial charge in [0.1, 0.15) is 5.56 Å². The van der Waals surface area contributed by atoms with E-state index in [1.165, 1.54) is 6.20 Å². The van der Waals surface area contributed by atoms with Crippen LogP contribution in [0.5, 0.6) is 0 Å². The second kappa shape index (κ2) is 5.92. The number of amides is 1. The summed E-state index contributed by atoms with van der Waals surface area (Å²) in [7, 11) is -1.30. The molecular formula is C18H21N3O4S. The highest BCUT2D eigenvalue weighted by Gasteiger charge is 2.47. The predicted molar refractivity (Wildman–Crippen MR) is 99.2 cm³/mol. The third kappa shape index (κ3) is 2.64. The van der Waals surface area contributed by atoms with Crippen molar-refractivity contribution in [2.45, 2.75) is 19.0 Å². The molecule has 0 bridgehead atoms. The van der Waals surface area contributed by atoms with E-state index >= 15 is 0 Å². The molecule has 0 spiro atoms. The molecule has 0 saturated carbocycles. The van der Waals surface area contributed by atoms with Crippen LogP contribution in [0.1, 0.15) is 15.9 Å². The van der Waals surface area contributed by atoms with Crippen LogP contribution in [0.2, 0.25) is 0 Å². The van der Waals surface area contributed by atoms with Gasteiger partial charge in [0.15, 0.2) is 9.84 Å². The molecule has 2 aliphatic rings. The lowest BCUT2D eigenvalue weighted by atomic mass is 10.0. The maximum Gasteiger partial charge on any atom is 0.259 e. The number of rotatable bonds is 1. The SMILES string of the molecule is Cc1cccc2c(=O)c(C(=O)N3CCN(C)[C@@H]4CS(=O)(=O)C[C@@H]43)c[nH]c12. The van der Waals surface area contributed by atoms with Gasteiger partial charge < -0.3 is 9.88 Å². The first-order valence-electron chi connectivity index (χ1n) is 8.61. The molecule has 4 rings (SSSR count). The fourth-order valence-electron chi connectivity index (χ4n) is 4.10. The van der Waals surface area contributed by atoms with Crippen LogP contribution >= 0.6 is 0 Å². The third-order valence-corrected chi connectivity index (χ3v) is 7.27. The van der Waals surface area contributed by atoms with Gasteiger partial charge in [-0.25, -0.2) is 8.42 Å². The lowest BCUT2D eigenvalue weighted by molar-refractivity contribution is 0.0408. The first-order chi connectivity index (χ1) is 12.3. The quantitative estimate of drug-likeness (QED) is 0.779. The number of hydrogen-bond acceptors (Lipinski definition) is 5. The monoisotopic (exact) mass is 375 g/mol. The van der Waals surface area contributed by atoms with E-state index in [-0.39, 0.29) is 28.5 Å². The van der Waals surface area contributed by atoms with E-state index < -0.39 is 21.8 Å². The molecular weight excluding hydrogens is 354 g/mol. The van der Waals surface area contributed by atoms with Gasteiger partial charge >= 0.3 is 0 Å². The van der Waals surface area contributed by atoms with E-state index in [0.717, 1.165) is 5.56 Å². The Hall–Kier alpha value is -2.19. The lowest BCUT2D eigenvalue weighted by Gasteiger charge is -2.42. The van der Waals surface area contributed by atoms with Gasteiger partial charge in [-0.05, 0) is 25.6 Å². The molecule has 0 aliphatic carbocycles. The minimum Gasteiger partial charge on any atom is -0.360 e. The predicted octanol–water partition coefficient (Wildman–Crippen LogP) is 0.390. The zero-order valence-corrected chi connectivity index (χ0v) is 15.5. The highest BCUT2D eigenvalue weighted by molar-refractivity contribution is 7.91. The number of nitrogens with zero attached hydrogens (tertiary/aromatic N) is 2. The number of aromatic amines is 1. The van der Waals surface area contributed by atoms with Crippen LogP contribution in [0.3, 0.4) is 0 Å². The van der Waals surface area contributed by atoms with Crippen LogP contribution < -0.4 is 5.43 Å². The van der Waals surface area contributed by atoms with Crippen LogP contribution in [-0.4, -0.2) is 72.8 Å². The molecule has 3 heterocycles. The maximum absolute atomic E-state index is 13.1. The number of benzene rings is 1. The molecule has 2 atom stereocenters. The normalized spacial score (nSPS) is 25.4. The highest BCUT2D eigenvalue weighted by atomic mass is 32.2. The fourth-order valence-corrected chi connectivity index (χ4v) is 6.15. The Balaban J connectivity index is 1.75. The molecule has 2 aromatic rings. The average Bonchev–Trinajstić information content (AvgIpc) is 2.92. The summed E-state index contributed by atoms with van der Waals surface area (Å²) < 4.78 is 24.2. The number of sulfone groups is 1. The van der Waals surface area contributed by atoms with Crippen molar-refractivity contribution in [1.29, 1.82) is 0 Å². The maximum atomic E-state index is 13.1. The van der Waals surface area contributed by atoms with Gasteiger partial charge in [0.05, 0.1) is 23.1 Å². The van der Waals surface area contributed by atoms with Gasteiger partial charge in [-0.3, -0.25) is 14.5 Å². The van der Waals surface area contributed by atoms with Gasteiger partial charge in [0, 0.05) is 30.7 Å². The Kier molecular flexibility index (Phi) is 3.92. The van der Waals surface area contributed by atoms with Gasteiger partial charge in [0.2, 0.25) is 5.43 Å². The van der Waals surface area contributed by atoms with Crippen LogP contribution in [-0.2, 0) is 9.84 Å². The van der Waals surface area contributed by atoms with Crippen LogP contribution in [0.4, 0.5) is 0 Å². The number of piperazine rings is 1. The van der Waals surface area contributed by atoms with Crippen molar-refractivity contribution in [1.82, 2.24) is 14.8 Å². The largest absolute Gasteiger partial charge is 0.360 e. The second-order valence-electron chi connectivity index (χ2n) is 7.22. The van der Waals surface area contributed by atoms with Crippen LogP contribution in [0.15, 0.2) is 29.2 Å². The van der Waals surface area contributed by atoms with Crippen molar-refractivity contribution >= 4 is 26.6 Å². The highest BCUT2D eigenvalue weighted by Crippen LogP contribution is 2.27. The van der Waals surface area contributed by atoms with E-state index in [1.54, 1.807) is 17.0 Å². The summed E-state index contributed by atoms with van der Waals surface area (Å²) in [6, 6.07) is 4.77. The summed E-state index contributed by atoms with van der Waals surface area (Å²) >= 11 is 0. The fraction of sp³-hybridized carbons (Fsp3) is 0.444. The zero-order chi connectivity index (χ0) is 18.6. The van der Waals surface area contributed by atoms with E-state index in [4.69, 9.17) is 0 Å². The first-order valence-corrected chi connectivity index (χ1v) is 10.4. The topological polar surface area (TPSA) is 90.6 Å². The number of H-pyrrole nitrogens is 1. The number of para-hydroxylation sites is 1. The van der Waals surface area contributed by atoms with E-state index in [1.807, 2.05) is 24.9 Å². The van der Waals surface area contributed by atoms with Crippen molar-refractivity contribution in [3.8, 4) is 0 Å². The van der Waals surface area contributed by atoms with E-state index in [2.05, 4.69) is 4.98 Å². The Morgan fingerprint density at radius 2 is 1.92 bits per heavy atom. The number of hydrogen-bond donors (Lipinski definition) is 1. The Morgan fingerprint density at radius 3 is 2.69 bits per heavy atom. The van der Waals surface area contributed by atoms with E-state index in [0.29, 0.717) is 24.0 Å². The Labute approximate surface area is 151 Å². The van der Waals surface area contributed by atoms with Crippen molar-refractivity contribution in [2.75, 3.05) is 31.6 Å². The molecule has 2 fully saturated rings. The number of pyridine rings is 1. The minimum atomic E-state index is -3.18. The molecule has 1 amide bonds. The zero-order valence-electron chi connectivity index (χ0n) is 14.7. The van der Waals surface area contributed by atoms with Gasteiger partial charge in [0.25, 0.3) is 5.91 Å². The Bertz CT molecular complexity index is 1060. The van der Waals surface area contributed by atoms with E-state index in [9.17, 15) is 18.0 Å². The number of likely N-dealkylation sites (N-methyl/N-ethyl adjacent to an activating group) is 1. The summed E-state index contributed by atoms with van der Waals surface area (Å²) in [5, 5.41) is 0.473. The lowest BCUT2D eigenvalue weighted by Crippen LogP contribution is -2.59. The molecule has 138 valence electrons. The summed E-state index contributed by atoms with van der Waals surface area (Å²) in [4.78, 5) is 32.6. The summed E-state index contributed by atoms with van der Waals surface area (Å²) in [6.45, 7) is 2.90. The molecule has 1 N–H and O–H groups in total. The molecule has 26 heavy (non-hydrogen) atoms. The second-order valence-corrected chi connectivity index (χ2v) is 9.37. The molecule has 2 saturated heterocycles. The molecule has 8 heteroatoms. The molecule has 2 aliphatic heterocycles. The molecule has 1 aromatic carbocycles. The third-order valence-electron chi connectivity index (χ3n) is 5.57. The Morgan fingerprint density at radius 1 is 1.19 bits per heavy atom. The summed E-state index contributed by atoms with van der Waals surface area (Å²) in [5.41, 5.74) is 1.40. The minimum absolute atomic E-state index is 0.0433. The van der Waals surface area contributed by atoms with Crippen molar-refractivity contribution in [2.24, 2.45) is 0 Å². The van der Waals surface area contributed by atoms with Gasteiger partial charge in [-0.2, -0.15) is 0 Å².